The Morgan fingerprint density at radius 2 is 1.88 bits per heavy atom. The number of aliphatic hydroxyl groups excluding tert-OH is 1. The first-order chi connectivity index (χ1) is 7.86. The summed E-state index contributed by atoms with van der Waals surface area (Å²) < 4.78 is 0. The Bertz CT molecular complexity index is 416. The van der Waals surface area contributed by atoms with Crippen molar-refractivity contribution in [3.05, 3.63) is 59.9 Å². The molecule has 0 spiro atoms. The summed E-state index contributed by atoms with van der Waals surface area (Å²) in [6.07, 6.45) is 4.31. The minimum Gasteiger partial charge on any atom is -0.388 e. The largest absolute Gasteiger partial charge is 0.388 e. The van der Waals surface area contributed by atoms with Crippen LogP contribution in [-0.4, -0.2) is 15.3 Å². The summed E-state index contributed by atoms with van der Waals surface area (Å²) in [4.78, 5) is 0. The number of aryl methyl sites for hydroxylation is 1. The van der Waals surface area contributed by atoms with E-state index in [1.807, 2.05) is 18.2 Å². The molecule has 0 aliphatic carbocycles. The maximum Gasteiger partial charge on any atom is 0.0809 e. The fraction of sp³-hybridized carbons (Fsp3) is 0.231. The SMILES string of the molecule is OC(CCc1ccccc1)c1ccnnc1. The van der Waals surface area contributed by atoms with Gasteiger partial charge in [-0.25, -0.2) is 0 Å². The van der Waals surface area contributed by atoms with Crippen LogP contribution in [0.25, 0.3) is 0 Å². The van der Waals surface area contributed by atoms with Gasteiger partial charge in [0.2, 0.25) is 0 Å². The van der Waals surface area contributed by atoms with Gasteiger partial charge in [0.1, 0.15) is 0 Å². The quantitative estimate of drug-likeness (QED) is 0.848. The maximum absolute atomic E-state index is 9.91. The Balaban J connectivity index is 1.92. The number of rotatable bonds is 4. The van der Waals surface area contributed by atoms with Crippen molar-refractivity contribution in [2.75, 3.05) is 0 Å². The number of aromatic nitrogens is 2. The van der Waals surface area contributed by atoms with E-state index >= 15 is 0 Å². The minimum atomic E-state index is -0.462. The molecule has 0 fully saturated rings. The topological polar surface area (TPSA) is 46.0 Å². The Labute approximate surface area is 94.8 Å². The van der Waals surface area contributed by atoms with Crippen LogP contribution in [0.1, 0.15) is 23.7 Å². The zero-order chi connectivity index (χ0) is 11.2. The summed E-state index contributed by atoms with van der Waals surface area (Å²) in [5.41, 5.74) is 2.06. The third kappa shape index (κ3) is 2.87. The van der Waals surface area contributed by atoms with Crippen molar-refractivity contribution in [2.45, 2.75) is 18.9 Å². The molecule has 1 unspecified atom stereocenters. The second-order valence-corrected chi connectivity index (χ2v) is 3.72. The number of hydrogen-bond acceptors (Lipinski definition) is 3. The Morgan fingerprint density at radius 1 is 1.06 bits per heavy atom. The van der Waals surface area contributed by atoms with Crippen molar-refractivity contribution < 1.29 is 5.11 Å². The van der Waals surface area contributed by atoms with Crippen LogP contribution in [0, 0.1) is 0 Å². The maximum atomic E-state index is 9.91. The standard InChI is InChI=1S/C13H14N2O/c16-13(12-8-9-14-15-10-12)7-6-11-4-2-1-3-5-11/h1-5,8-10,13,16H,6-7H2. The summed E-state index contributed by atoms with van der Waals surface area (Å²) in [7, 11) is 0. The third-order valence-electron chi connectivity index (χ3n) is 2.54. The van der Waals surface area contributed by atoms with Crippen LogP contribution in [0.4, 0.5) is 0 Å². The predicted molar refractivity (Wildman–Crippen MR) is 61.8 cm³/mol. The highest BCUT2D eigenvalue weighted by Gasteiger charge is 2.07. The van der Waals surface area contributed by atoms with Crippen LogP contribution in [0.2, 0.25) is 0 Å². The Morgan fingerprint density at radius 3 is 2.56 bits per heavy atom. The molecule has 0 aliphatic rings. The van der Waals surface area contributed by atoms with Crippen LogP contribution in [0.15, 0.2) is 48.8 Å². The first-order valence-corrected chi connectivity index (χ1v) is 5.35. The normalized spacial score (nSPS) is 12.3. The molecule has 2 rings (SSSR count). The van der Waals surface area contributed by atoms with Gasteiger partial charge in [0.25, 0.3) is 0 Å². The molecular weight excluding hydrogens is 200 g/mol. The molecule has 0 bridgehead atoms. The van der Waals surface area contributed by atoms with Crippen LogP contribution in [0.5, 0.6) is 0 Å². The van der Waals surface area contributed by atoms with Crippen molar-refractivity contribution in [1.29, 1.82) is 0 Å². The molecule has 1 N–H and O–H groups in total. The first-order valence-electron chi connectivity index (χ1n) is 5.35. The molecular formula is C13H14N2O. The van der Waals surface area contributed by atoms with Gasteiger partial charge >= 0.3 is 0 Å². The lowest BCUT2D eigenvalue weighted by molar-refractivity contribution is 0.167. The molecule has 16 heavy (non-hydrogen) atoms. The zero-order valence-electron chi connectivity index (χ0n) is 8.95. The Kier molecular flexibility index (Phi) is 3.62. The molecule has 2 aromatic rings. The lowest BCUT2D eigenvalue weighted by atomic mass is 10.0. The fourth-order valence-corrected chi connectivity index (χ4v) is 1.61. The van der Waals surface area contributed by atoms with Gasteiger partial charge < -0.3 is 5.11 Å². The number of nitrogens with zero attached hydrogens (tertiary/aromatic N) is 2. The van der Waals surface area contributed by atoms with Crippen LogP contribution in [0.3, 0.4) is 0 Å². The zero-order valence-corrected chi connectivity index (χ0v) is 8.95. The van der Waals surface area contributed by atoms with Gasteiger partial charge in [0.15, 0.2) is 0 Å². The van der Waals surface area contributed by atoms with Crippen molar-refractivity contribution in [2.24, 2.45) is 0 Å². The van der Waals surface area contributed by atoms with E-state index in [0.29, 0.717) is 6.42 Å². The first kappa shape index (κ1) is 10.8. The van der Waals surface area contributed by atoms with Crippen molar-refractivity contribution in [3.8, 4) is 0 Å². The van der Waals surface area contributed by atoms with E-state index in [0.717, 1.165) is 12.0 Å². The van der Waals surface area contributed by atoms with Gasteiger partial charge in [-0.3, -0.25) is 0 Å². The molecule has 82 valence electrons. The smallest absolute Gasteiger partial charge is 0.0809 e. The Hall–Kier alpha value is -1.74. The number of hydrogen-bond donors (Lipinski definition) is 1. The van der Waals surface area contributed by atoms with E-state index in [4.69, 9.17) is 0 Å². The molecule has 3 heteroatoms. The average Bonchev–Trinajstić information content (AvgIpc) is 2.38. The fourth-order valence-electron chi connectivity index (χ4n) is 1.61. The molecule has 1 heterocycles. The summed E-state index contributed by atoms with van der Waals surface area (Å²) >= 11 is 0. The van der Waals surface area contributed by atoms with E-state index in [2.05, 4.69) is 22.3 Å². The molecule has 0 amide bonds. The summed E-state index contributed by atoms with van der Waals surface area (Å²) in [6, 6.07) is 11.9. The minimum absolute atomic E-state index is 0.462. The molecule has 0 saturated heterocycles. The van der Waals surface area contributed by atoms with Gasteiger partial charge in [-0.1, -0.05) is 30.3 Å². The van der Waals surface area contributed by atoms with Crippen LogP contribution < -0.4 is 0 Å². The molecule has 0 saturated carbocycles. The lowest BCUT2D eigenvalue weighted by Crippen LogP contribution is -2.00. The van der Waals surface area contributed by atoms with Gasteiger partial charge in [-0.2, -0.15) is 10.2 Å². The van der Waals surface area contributed by atoms with Crippen LogP contribution in [-0.2, 0) is 6.42 Å². The van der Waals surface area contributed by atoms with Crippen molar-refractivity contribution >= 4 is 0 Å². The predicted octanol–water partition coefficient (Wildman–Crippen LogP) is 2.14. The highest BCUT2D eigenvalue weighted by Crippen LogP contribution is 2.17. The second kappa shape index (κ2) is 5.37. The van der Waals surface area contributed by atoms with E-state index in [9.17, 15) is 5.11 Å². The molecule has 1 aromatic heterocycles. The van der Waals surface area contributed by atoms with E-state index < -0.39 is 6.10 Å². The van der Waals surface area contributed by atoms with Gasteiger partial charge in [0.05, 0.1) is 12.3 Å². The van der Waals surface area contributed by atoms with Crippen molar-refractivity contribution in [1.82, 2.24) is 10.2 Å². The molecule has 0 radical (unpaired) electrons. The van der Waals surface area contributed by atoms with Gasteiger partial charge in [-0.05, 0) is 24.5 Å². The molecule has 3 nitrogen and oxygen atoms in total. The van der Waals surface area contributed by atoms with E-state index in [-0.39, 0.29) is 0 Å². The summed E-state index contributed by atoms with van der Waals surface area (Å²) in [6.45, 7) is 0. The van der Waals surface area contributed by atoms with E-state index in [1.165, 1.54) is 5.56 Å². The molecule has 0 aliphatic heterocycles. The molecule has 1 atom stereocenters. The summed E-state index contributed by atoms with van der Waals surface area (Å²) in [5.74, 6) is 0. The van der Waals surface area contributed by atoms with Crippen molar-refractivity contribution in [3.63, 3.8) is 0 Å². The molecule has 1 aromatic carbocycles. The van der Waals surface area contributed by atoms with E-state index in [1.54, 1.807) is 18.5 Å². The second-order valence-electron chi connectivity index (χ2n) is 3.72. The number of aliphatic hydroxyl groups is 1. The highest BCUT2D eigenvalue weighted by molar-refractivity contribution is 5.16. The third-order valence-corrected chi connectivity index (χ3v) is 2.54. The lowest BCUT2D eigenvalue weighted by Gasteiger charge is -2.09. The van der Waals surface area contributed by atoms with Gasteiger partial charge in [-0.15, -0.1) is 0 Å². The van der Waals surface area contributed by atoms with Gasteiger partial charge in [0, 0.05) is 11.8 Å². The monoisotopic (exact) mass is 214 g/mol. The summed E-state index contributed by atoms with van der Waals surface area (Å²) in [5, 5.41) is 17.3. The average molecular weight is 214 g/mol. The number of benzene rings is 1. The highest BCUT2D eigenvalue weighted by atomic mass is 16.3. The van der Waals surface area contributed by atoms with Crippen LogP contribution >= 0.6 is 0 Å².